The number of hydrogen-bond acceptors (Lipinski definition) is 2. The molecule has 1 saturated heterocycles. The van der Waals surface area contributed by atoms with Gasteiger partial charge in [0.25, 0.3) is 0 Å². The van der Waals surface area contributed by atoms with Crippen molar-refractivity contribution in [2.24, 2.45) is 10.8 Å². The van der Waals surface area contributed by atoms with E-state index in [1.807, 2.05) is 13.8 Å². The van der Waals surface area contributed by atoms with Crippen LogP contribution in [0.15, 0.2) is 0 Å². The average molecular weight is 197 g/mol. The van der Waals surface area contributed by atoms with E-state index in [4.69, 9.17) is 0 Å². The second-order valence-corrected chi connectivity index (χ2v) is 5.92. The number of hydrogen-bond donors (Lipinski definition) is 1. The van der Waals surface area contributed by atoms with Gasteiger partial charge in [-0.1, -0.05) is 27.7 Å². The maximum absolute atomic E-state index is 10.9. The highest BCUT2D eigenvalue weighted by atomic mass is 16.1. The average Bonchev–Trinajstić information content (AvgIpc) is 2.54. The minimum absolute atomic E-state index is 0.187. The van der Waals surface area contributed by atoms with Crippen molar-refractivity contribution in [2.75, 3.05) is 6.54 Å². The first-order valence-corrected chi connectivity index (χ1v) is 5.57. The molecule has 0 aromatic rings. The fourth-order valence-electron chi connectivity index (χ4n) is 2.69. The molecule has 2 heteroatoms. The van der Waals surface area contributed by atoms with E-state index in [1.165, 1.54) is 12.8 Å². The van der Waals surface area contributed by atoms with Gasteiger partial charge in [-0.25, -0.2) is 0 Å². The highest BCUT2D eigenvalue weighted by Crippen LogP contribution is 2.37. The summed E-state index contributed by atoms with van der Waals surface area (Å²) in [7, 11) is 0. The molecule has 0 radical (unpaired) electrons. The van der Waals surface area contributed by atoms with Gasteiger partial charge in [-0.05, 0) is 31.2 Å². The summed E-state index contributed by atoms with van der Waals surface area (Å²) in [6.07, 6.45) is 4.57. The topological polar surface area (TPSA) is 29.1 Å². The molecule has 0 aromatic carbocycles. The van der Waals surface area contributed by atoms with E-state index in [-0.39, 0.29) is 10.8 Å². The van der Waals surface area contributed by atoms with Gasteiger partial charge in [0.2, 0.25) is 0 Å². The van der Waals surface area contributed by atoms with Crippen molar-refractivity contribution >= 4 is 6.29 Å². The molecule has 0 bridgehead atoms. The van der Waals surface area contributed by atoms with Gasteiger partial charge < -0.3 is 10.1 Å². The van der Waals surface area contributed by atoms with E-state index >= 15 is 0 Å². The van der Waals surface area contributed by atoms with Crippen LogP contribution in [0.3, 0.4) is 0 Å². The van der Waals surface area contributed by atoms with E-state index in [1.54, 1.807) is 0 Å². The third-order valence-corrected chi connectivity index (χ3v) is 3.23. The van der Waals surface area contributed by atoms with E-state index in [0.717, 1.165) is 19.3 Å². The van der Waals surface area contributed by atoms with Gasteiger partial charge >= 0.3 is 0 Å². The Balaban J connectivity index is 2.60. The first kappa shape index (κ1) is 11.7. The molecule has 82 valence electrons. The highest BCUT2D eigenvalue weighted by molar-refractivity contribution is 5.57. The Morgan fingerprint density at radius 2 is 2.00 bits per heavy atom. The van der Waals surface area contributed by atoms with Gasteiger partial charge in [0.15, 0.2) is 0 Å². The summed E-state index contributed by atoms with van der Waals surface area (Å²) in [5.41, 5.74) is 0.0364. The Bertz CT molecular complexity index is 202. The van der Waals surface area contributed by atoms with Crippen molar-refractivity contribution in [3.8, 4) is 0 Å². The maximum Gasteiger partial charge on any atom is 0.125 e. The molecule has 1 aliphatic rings. The molecule has 0 aromatic heterocycles. The van der Waals surface area contributed by atoms with E-state index in [0.29, 0.717) is 6.04 Å². The van der Waals surface area contributed by atoms with Crippen LogP contribution in [-0.2, 0) is 4.79 Å². The number of carbonyl (C=O) groups excluding carboxylic acids is 1. The molecule has 1 aliphatic heterocycles. The molecule has 1 rings (SSSR count). The monoisotopic (exact) mass is 197 g/mol. The fraction of sp³-hybridized carbons (Fsp3) is 0.917. The molecular formula is C12H23NO. The number of rotatable bonds is 4. The largest absolute Gasteiger partial charge is 0.313 e. The van der Waals surface area contributed by atoms with Crippen LogP contribution in [-0.4, -0.2) is 18.9 Å². The Labute approximate surface area is 87.5 Å². The van der Waals surface area contributed by atoms with Crippen molar-refractivity contribution in [1.29, 1.82) is 0 Å². The Morgan fingerprint density at radius 3 is 2.43 bits per heavy atom. The van der Waals surface area contributed by atoms with Crippen LogP contribution in [0.25, 0.3) is 0 Å². The molecule has 1 unspecified atom stereocenters. The van der Waals surface area contributed by atoms with Crippen LogP contribution in [0.1, 0.15) is 47.0 Å². The van der Waals surface area contributed by atoms with Gasteiger partial charge in [-0.2, -0.15) is 0 Å². The zero-order valence-electron chi connectivity index (χ0n) is 9.89. The van der Waals surface area contributed by atoms with E-state index in [2.05, 4.69) is 19.2 Å². The molecule has 14 heavy (non-hydrogen) atoms. The number of nitrogens with one attached hydrogen (secondary N) is 1. The standard InChI is InChI=1S/C12H23NO/c1-11(2,9-14)8-12(3,4)10-6-5-7-13-10/h9-10,13H,5-8H2,1-4H3. The van der Waals surface area contributed by atoms with Gasteiger partial charge in [0, 0.05) is 11.5 Å². The summed E-state index contributed by atoms with van der Waals surface area (Å²) in [6, 6.07) is 0.585. The summed E-state index contributed by atoms with van der Waals surface area (Å²) in [5.74, 6) is 0. The maximum atomic E-state index is 10.9. The van der Waals surface area contributed by atoms with Crippen LogP contribution in [0.4, 0.5) is 0 Å². The lowest BCUT2D eigenvalue weighted by Gasteiger charge is -2.36. The van der Waals surface area contributed by atoms with Crippen LogP contribution in [0.2, 0.25) is 0 Å². The molecular weight excluding hydrogens is 174 g/mol. The summed E-state index contributed by atoms with van der Waals surface area (Å²) in [6.45, 7) is 9.71. The number of carbonyl (C=O) groups is 1. The second kappa shape index (κ2) is 4.01. The lowest BCUT2D eigenvalue weighted by molar-refractivity contribution is -0.116. The molecule has 0 saturated carbocycles. The van der Waals surface area contributed by atoms with Crippen LogP contribution in [0, 0.1) is 10.8 Å². The molecule has 2 nitrogen and oxygen atoms in total. The minimum Gasteiger partial charge on any atom is -0.313 e. The quantitative estimate of drug-likeness (QED) is 0.701. The first-order chi connectivity index (χ1) is 6.37. The van der Waals surface area contributed by atoms with Crippen molar-refractivity contribution in [3.05, 3.63) is 0 Å². The molecule has 0 aliphatic carbocycles. The Hall–Kier alpha value is -0.370. The zero-order valence-corrected chi connectivity index (χ0v) is 9.89. The molecule has 1 heterocycles. The summed E-state index contributed by atoms with van der Waals surface area (Å²) >= 11 is 0. The third-order valence-electron chi connectivity index (χ3n) is 3.23. The second-order valence-electron chi connectivity index (χ2n) is 5.92. The Kier molecular flexibility index (Phi) is 3.36. The molecule has 0 spiro atoms. The summed E-state index contributed by atoms with van der Waals surface area (Å²) in [5, 5.41) is 3.53. The predicted octanol–water partition coefficient (Wildman–Crippen LogP) is 2.38. The van der Waals surface area contributed by atoms with Crippen LogP contribution in [0.5, 0.6) is 0 Å². The smallest absolute Gasteiger partial charge is 0.125 e. The Morgan fingerprint density at radius 1 is 1.36 bits per heavy atom. The van der Waals surface area contributed by atoms with E-state index in [9.17, 15) is 4.79 Å². The summed E-state index contributed by atoms with van der Waals surface area (Å²) in [4.78, 5) is 10.9. The lowest BCUT2D eigenvalue weighted by atomic mass is 9.71. The summed E-state index contributed by atoms with van der Waals surface area (Å²) < 4.78 is 0. The van der Waals surface area contributed by atoms with Gasteiger partial charge in [-0.15, -0.1) is 0 Å². The fourth-order valence-corrected chi connectivity index (χ4v) is 2.69. The van der Waals surface area contributed by atoms with Gasteiger partial charge in [0.05, 0.1) is 0 Å². The minimum atomic E-state index is -0.187. The van der Waals surface area contributed by atoms with Crippen LogP contribution >= 0.6 is 0 Å². The predicted molar refractivity (Wildman–Crippen MR) is 59.3 cm³/mol. The van der Waals surface area contributed by atoms with Gasteiger partial charge in [-0.3, -0.25) is 0 Å². The first-order valence-electron chi connectivity index (χ1n) is 5.57. The van der Waals surface area contributed by atoms with Crippen molar-refractivity contribution < 1.29 is 4.79 Å². The highest BCUT2D eigenvalue weighted by Gasteiger charge is 2.36. The SMILES string of the molecule is CC(C)(C=O)CC(C)(C)C1CCCN1. The van der Waals surface area contributed by atoms with Crippen LogP contribution < -0.4 is 5.32 Å². The third kappa shape index (κ3) is 2.81. The van der Waals surface area contributed by atoms with Crippen molar-refractivity contribution in [3.63, 3.8) is 0 Å². The zero-order chi connectivity index (χ0) is 10.8. The van der Waals surface area contributed by atoms with Crippen molar-refractivity contribution in [2.45, 2.75) is 53.0 Å². The van der Waals surface area contributed by atoms with Gasteiger partial charge in [0.1, 0.15) is 6.29 Å². The normalized spacial score (nSPS) is 23.9. The molecule has 0 amide bonds. The lowest BCUT2D eigenvalue weighted by Crippen LogP contribution is -2.40. The van der Waals surface area contributed by atoms with E-state index < -0.39 is 0 Å². The number of aldehydes is 1. The molecule has 1 N–H and O–H groups in total. The molecule has 1 atom stereocenters. The molecule has 1 fully saturated rings. The van der Waals surface area contributed by atoms with Crippen molar-refractivity contribution in [1.82, 2.24) is 5.32 Å².